The minimum atomic E-state index is -0.470. The molecule has 1 aliphatic rings. The molecular weight excluding hydrogens is 367 g/mol. The Morgan fingerprint density at radius 3 is 2.78 bits per heavy atom. The lowest BCUT2D eigenvalue weighted by Crippen LogP contribution is -2.20. The summed E-state index contributed by atoms with van der Waals surface area (Å²) in [6, 6.07) is 13.1. The van der Waals surface area contributed by atoms with Crippen molar-refractivity contribution in [2.75, 3.05) is 0 Å². The summed E-state index contributed by atoms with van der Waals surface area (Å²) in [5, 5.41) is 7.44. The van der Waals surface area contributed by atoms with E-state index in [1.165, 1.54) is 24.5 Å². The first-order chi connectivity index (χ1) is 13.1. The van der Waals surface area contributed by atoms with Gasteiger partial charge < -0.3 is 5.32 Å². The first kappa shape index (κ1) is 16.0. The highest BCUT2D eigenvalue weighted by Crippen LogP contribution is 2.36. The fourth-order valence-electron chi connectivity index (χ4n) is 3.44. The Balaban J connectivity index is 1.60. The van der Waals surface area contributed by atoms with Crippen LogP contribution in [-0.2, 0) is 0 Å². The van der Waals surface area contributed by atoms with Gasteiger partial charge in [-0.2, -0.15) is 5.10 Å². The van der Waals surface area contributed by atoms with Crippen molar-refractivity contribution in [3.63, 3.8) is 0 Å². The topological polar surface area (TPSA) is 59.3 Å². The van der Waals surface area contributed by atoms with Crippen molar-refractivity contribution in [3.8, 4) is 11.1 Å². The second-order valence-corrected chi connectivity index (χ2v) is 6.76. The summed E-state index contributed by atoms with van der Waals surface area (Å²) in [6.45, 7) is 0. The highest BCUT2D eigenvalue weighted by atomic mass is 35.5. The largest absolute Gasteiger partial charge is 0.341 e. The number of nitrogens with zero attached hydrogens (tertiary/aromatic N) is 3. The van der Waals surface area contributed by atoms with E-state index in [9.17, 15) is 9.18 Å². The molecule has 0 saturated heterocycles. The SMILES string of the molecule is O=C1NC(c2cc(F)ccc2Cl)c2ccc(-c3ccc4ncnn4c3)cc21. The molecule has 0 bridgehead atoms. The molecule has 0 radical (unpaired) electrons. The fourth-order valence-corrected chi connectivity index (χ4v) is 3.67. The average Bonchev–Trinajstić information content (AvgIpc) is 3.27. The van der Waals surface area contributed by atoms with Crippen molar-refractivity contribution in [3.05, 3.63) is 88.6 Å². The number of aromatic nitrogens is 3. The number of hydrogen-bond donors (Lipinski definition) is 1. The number of nitrogens with one attached hydrogen (secondary N) is 1. The van der Waals surface area contributed by atoms with Crippen molar-refractivity contribution in [2.24, 2.45) is 0 Å². The van der Waals surface area contributed by atoms with Crippen LogP contribution in [0.5, 0.6) is 0 Å². The van der Waals surface area contributed by atoms with Crippen molar-refractivity contribution in [1.82, 2.24) is 19.9 Å². The van der Waals surface area contributed by atoms with Crippen LogP contribution in [0.1, 0.15) is 27.5 Å². The van der Waals surface area contributed by atoms with Crippen LogP contribution in [0.15, 0.2) is 61.1 Å². The summed E-state index contributed by atoms with van der Waals surface area (Å²) in [5.41, 5.74) is 4.41. The second kappa shape index (κ2) is 5.89. The van der Waals surface area contributed by atoms with E-state index in [1.807, 2.05) is 36.5 Å². The summed E-state index contributed by atoms with van der Waals surface area (Å²) in [6.07, 6.45) is 3.35. The molecule has 0 aliphatic carbocycles. The van der Waals surface area contributed by atoms with Gasteiger partial charge in [0.2, 0.25) is 0 Å². The predicted octanol–water partition coefficient (Wildman–Crippen LogP) is 4.02. The molecule has 1 aliphatic heterocycles. The quantitative estimate of drug-likeness (QED) is 0.573. The third kappa shape index (κ3) is 2.57. The Labute approximate surface area is 158 Å². The minimum absolute atomic E-state index is 0.209. The van der Waals surface area contributed by atoms with Crippen molar-refractivity contribution < 1.29 is 9.18 Å². The van der Waals surface area contributed by atoms with Gasteiger partial charge in [-0.3, -0.25) is 4.79 Å². The normalized spacial score (nSPS) is 15.8. The number of hydrogen-bond acceptors (Lipinski definition) is 3. The zero-order valence-corrected chi connectivity index (χ0v) is 14.6. The molecule has 0 spiro atoms. The van der Waals surface area contributed by atoms with Gasteiger partial charge in [-0.15, -0.1) is 0 Å². The highest BCUT2D eigenvalue weighted by molar-refractivity contribution is 6.31. The van der Waals surface area contributed by atoms with Crippen LogP contribution in [0.3, 0.4) is 0 Å². The van der Waals surface area contributed by atoms with Gasteiger partial charge in [-0.05, 0) is 47.5 Å². The van der Waals surface area contributed by atoms with Crippen LogP contribution in [0, 0.1) is 5.82 Å². The Kier molecular flexibility index (Phi) is 3.48. The fraction of sp³-hybridized carbons (Fsp3) is 0.0500. The van der Waals surface area contributed by atoms with Crippen LogP contribution in [0.25, 0.3) is 16.8 Å². The van der Waals surface area contributed by atoms with Crippen molar-refractivity contribution in [2.45, 2.75) is 6.04 Å². The molecule has 4 aromatic rings. The van der Waals surface area contributed by atoms with E-state index in [0.717, 1.165) is 22.3 Å². The van der Waals surface area contributed by atoms with E-state index in [-0.39, 0.29) is 5.91 Å². The third-order valence-electron chi connectivity index (χ3n) is 4.76. The zero-order valence-electron chi connectivity index (χ0n) is 13.9. The van der Waals surface area contributed by atoms with Gasteiger partial charge in [0.15, 0.2) is 5.65 Å². The van der Waals surface area contributed by atoms with Crippen LogP contribution in [0.4, 0.5) is 4.39 Å². The smallest absolute Gasteiger partial charge is 0.252 e. The molecule has 1 unspecified atom stereocenters. The first-order valence-corrected chi connectivity index (χ1v) is 8.67. The number of benzene rings is 2. The molecule has 1 N–H and O–H groups in total. The van der Waals surface area contributed by atoms with Crippen molar-refractivity contribution >= 4 is 23.2 Å². The highest BCUT2D eigenvalue weighted by Gasteiger charge is 2.31. The number of pyridine rings is 1. The van der Waals surface area contributed by atoms with Crippen molar-refractivity contribution in [1.29, 1.82) is 0 Å². The average molecular weight is 379 g/mol. The molecule has 2 aromatic carbocycles. The summed E-state index contributed by atoms with van der Waals surface area (Å²) in [7, 11) is 0. The molecule has 2 aromatic heterocycles. The van der Waals surface area contributed by atoms with Crippen LogP contribution in [0.2, 0.25) is 5.02 Å². The van der Waals surface area contributed by atoms with E-state index in [2.05, 4.69) is 15.4 Å². The Bertz CT molecular complexity index is 1220. The molecule has 27 heavy (non-hydrogen) atoms. The van der Waals surface area contributed by atoms with Crippen LogP contribution < -0.4 is 5.32 Å². The summed E-state index contributed by atoms with van der Waals surface area (Å²) in [4.78, 5) is 16.7. The lowest BCUT2D eigenvalue weighted by Gasteiger charge is -2.14. The van der Waals surface area contributed by atoms with Gasteiger partial charge in [0.25, 0.3) is 5.91 Å². The number of carbonyl (C=O) groups is 1. The van der Waals surface area contributed by atoms with Gasteiger partial charge in [0.05, 0.1) is 6.04 Å². The first-order valence-electron chi connectivity index (χ1n) is 8.30. The second-order valence-electron chi connectivity index (χ2n) is 6.35. The maximum Gasteiger partial charge on any atom is 0.252 e. The molecule has 7 heteroatoms. The molecule has 1 atom stereocenters. The molecule has 132 valence electrons. The Hall–Kier alpha value is -3.25. The van der Waals surface area contributed by atoms with Gasteiger partial charge >= 0.3 is 0 Å². The number of fused-ring (bicyclic) bond motifs is 2. The number of halogens is 2. The van der Waals surface area contributed by atoms with E-state index in [0.29, 0.717) is 16.1 Å². The standard InChI is InChI=1S/C20H12ClFN4O/c21-17-5-3-13(22)8-16(17)19-14-4-1-11(7-15(14)20(27)25-19)12-2-6-18-23-10-24-26(18)9-12/h1-10,19H,(H,25,27). The minimum Gasteiger partial charge on any atom is -0.341 e. The Morgan fingerprint density at radius 2 is 1.89 bits per heavy atom. The lowest BCUT2D eigenvalue weighted by molar-refractivity contribution is 0.0960. The number of amides is 1. The van der Waals surface area contributed by atoms with E-state index in [1.54, 1.807) is 4.52 Å². The number of rotatable bonds is 2. The zero-order chi connectivity index (χ0) is 18.5. The van der Waals surface area contributed by atoms with Gasteiger partial charge in [-0.1, -0.05) is 23.7 Å². The van der Waals surface area contributed by atoms with Gasteiger partial charge in [0.1, 0.15) is 12.1 Å². The van der Waals surface area contributed by atoms with E-state index >= 15 is 0 Å². The Morgan fingerprint density at radius 1 is 1.04 bits per heavy atom. The summed E-state index contributed by atoms with van der Waals surface area (Å²) < 4.78 is 15.4. The van der Waals surface area contributed by atoms with E-state index in [4.69, 9.17) is 11.6 Å². The summed E-state index contributed by atoms with van der Waals surface area (Å²) >= 11 is 6.23. The molecule has 3 heterocycles. The molecule has 5 nitrogen and oxygen atoms in total. The maximum atomic E-state index is 13.7. The number of carbonyl (C=O) groups excluding carboxylic acids is 1. The van der Waals surface area contributed by atoms with Gasteiger partial charge in [0, 0.05) is 27.9 Å². The molecule has 5 rings (SSSR count). The molecule has 0 saturated carbocycles. The lowest BCUT2D eigenvalue weighted by atomic mass is 9.95. The molecule has 0 fully saturated rings. The van der Waals surface area contributed by atoms with E-state index < -0.39 is 11.9 Å². The summed E-state index contributed by atoms with van der Waals surface area (Å²) in [5.74, 6) is -0.603. The van der Waals surface area contributed by atoms with Crippen LogP contribution in [-0.4, -0.2) is 20.5 Å². The maximum absolute atomic E-state index is 13.7. The van der Waals surface area contributed by atoms with Gasteiger partial charge in [-0.25, -0.2) is 13.9 Å². The molecular formula is C20H12ClFN4O. The monoisotopic (exact) mass is 378 g/mol. The third-order valence-corrected chi connectivity index (χ3v) is 5.11. The molecule has 1 amide bonds. The van der Waals surface area contributed by atoms with Crippen LogP contribution >= 0.6 is 11.6 Å². The predicted molar refractivity (Wildman–Crippen MR) is 99.1 cm³/mol.